The summed E-state index contributed by atoms with van der Waals surface area (Å²) in [6.07, 6.45) is 0.681. The third-order valence-corrected chi connectivity index (χ3v) is 1.95. The molecule has 0 unspecified atom stereocenters. The fraction of sp³-hybridized carbons (Fsp3) is 0.364. The van der Waals surface area contributed by atoms with Crippen molar-refractivity contribution >= 4 is 5.71 Å². The standard InChI is InChI=1S/C11H15NO2/c1-3-10(12-13)9-7-5-6-8-11(9)14-4-2/h5-8,13H,3-4H2,1-2H3. The number of rotatable bonds is 4. The molecule has 3 heteroatoms. The molecule has 0 radical (unpaired) electrons. The molecule has 0 saturated heterocycles. The van der Waals surface area contributed by atoms with Crippen molar-refractivity contribution in [1.82, 2.24) is 0 Å². The molecule has 0 heterocycles. The summed E-state index contributed by atoms with van der Waals surface area (Å²) in [5.74, 6) is 0.768. The fourth-order valence-corrected chi connectivity index (χ4v) is 1.30. The van der Waals surface area contributed by atoms with Gasteiger partial charge in [-0.2, -0.15) is 0 Å². The van der Waals surface area contributed by atoms with Crippen LogP contribution in [0.15, 0.2) is 29.4 Å². The Bertz CT molecular complexity index is 321. The lowest BCUT2D eigenvalue weighted by atomic mass is 10.1. The van der Waals surface area contributed by atoms with Crippen molar-refractivity contribution in [2.75, 3.05) is 6.61 Å². The molecule has 0 bridgehead atoms. The molecule has 0 amide bonds. The number of para-hydroxylation sites is 1. The number of benzene rings is 1. The van der Waals surface area contributed by atoms with Crippen LogP contribution in [0.3, 0.4) is 0 Å². The van der Waals surface area contributed by atoms with Crippen LogP contribution in [0.4, 0.5) is 0 Å². The monoisotopic (exact) mass is 193 g/mol. The Morgan fingerprint density at radius 1 is 1.36 bits per heavy atom. The zero-order chi connectivity index (χ0) is 10.4. The van der Waals surface area contributed by atoms with Gasteiger partial charge < -0.3 is 9.94 Å². The number of oxime groups is 1. The van der Waals surface area contributed by atoms with E-state index in [9.17, 15) is 0 Å². The Balaban J connectivity index is 3.05. The number of hydrogen-bond acceptors (Lipinski definition) is 3. The van der Waals surface area contributed by atoms with Crippen molar-refractivity contribution in [2.45, 2.75) is 20.3 Å². The van der Waals surface area contributed by atoms with Gasteiger partial charge in [-0.05, 0) is 25.5 Å². The van der Waals surface area contributed by atoms with E-state index in [2.05, 4.69) is 5.16 Å². The number of hydrogen-bond donors (Lipinski definition) is 1. The molecular formula is C11H15NO2. The van der Waals surface area contributed by atoms with Gasteiger partial charge in [0, 0.05) is 5.56 Å². The average molecular weight is 193 g/mol. The van der Waals surface area contributed by atoms with Gasteiger partial charge >= 0.3 is 0 Å². The van der Waals surface area contributed by atoms with E-state index in [0.29, 0.717) is 18.7 Å². The molecule has 1 aromatic carbocycles. The maximum absolute atomic E-state index is 8.80. The van der Waals surface area contributed by atoms with Gasteiger partial charge in [0.25, 0.3) is 0 Å². The van der Waals surface area contributed by atoms with Crippen molar-refractivity contribution in [3.63, 3.8) is 0 Å². The van der Waals surface area contributed by atoms with Crippen molar-refractivity contribution < 1.29 is 9.94 Å². The molecule has 0 aromatic heterocycles. The van der Waals surface area contributed by atoms with Crippen molar-refractivity contribution in [3.8, 4) is 5.75 Å². The number of nitrogens with zero attached hydrogens (tertiary/aromatic N) is 1. The zero-order valence-electron chi connectivity index (χ0n) is 8.53. The van der Waals surface area contributed by atoms with Crippen LogP contribution >= 0.6 is 0 Å². The van der Waals surface area contributed by atoms with E-state index in [1.165, 1.54) is 0 Å². The van der Waals surface area contributed by atoms with Crippen LogP contribution in [0.2, 0.25) is 0 Å². The zero-order valence-corrected chi connectivity index (χ0v) is 8.53. The lowest BCUT2D eigenvalue weighted by Gasteiger charge is -2.09. The van der Waals surface area contributed by atoms with E-state index < -0.39 is 0 Å². The van der Waals surface area contributed by atoms with Crippen molar-refractivity contribution in [1.29, 1.82) is 0 Å². The molecule has 0 saturated carbocycles. The SMILES string of the molecule is CCOc1ccccc1C(CC)=NO. The third kappa shape index (κ3) is 2.25. The topological polar surface area (TPSA) is 41.8 Å². The molecular weight excluding hydrogens is 178 g/mol. The van der Waals surface area contributed by atoms with Crippen LogP contribution in [0.1, 0.15) is 25.8 Å². The Kier molecular flexibility index (Phi) is 3.98. The molecule has 0 aliphatic carbocycles. The molecule has 3 nitrogen and oxygen atoms in total. The van der Waals surface area contributed by atoms with Gasteiger partial charge in [0.1, 0.15) is 5.75 Å². The van der Waals surface area contributed by atoms with Crippen LogP contribution in [0, 0.1) is 0 Å². The first-order valence-corrected chi connectivity index (χ1v) is 4.76. The maximum Gasteiger partial charge on any atom is 0.128 e. The van der Waals surface area contributed by atoms with Gasteiger partial charge in [-0.25, -0.2) is 0 Å². The van der Waals surface area contributed by atoms with E-state index in [4.69, 9.17) is 9.94 Å². The van der Waals surface area contributed by atoms with Crippen LogP contribution in [0.25, 0.3) is 0 Å². The predicted octanol–water partition coefficient (Wildman–Crippen LogP) is 2.67. The first-order valence-electron chi connectivity index (χ1n) is 4.76. The second-order valence-electron chi connectivity index (χ2n) is 2.83. The Labute approximate surface area is 84.0 Å². The summed E-state index contributed by atoms with van der Waals surface area (Å²) in [5, 5.41) is 12.1. The molecule has 1 rings (SSSR count). The average Bonchev–Trinajstić information content (AvgIpc) is 2.23. The third-order valence-electron chi connectivity index (χ3n) is 1.95. The van der Waals surface area contributed by atoms with Crippen LogP contribution in [-0.2, 0) is 0 Å². The summed E-state index contributed by atoms with van der Waals surface area (Å²) >= 11 is 0. The molecule has 0 atom stereocenters. The van der Waals surface area contributed by atoms with Gasteiger partial charge in [-0.1, -0.05) is 24.2 Å². The minimum atomic E-state index is 0.611. The highest BCUT2D eigenvalue weighted by atomic mass is 16.5. The molecule has 0 aliphatic heterocycles. The van der Waals surface area contributed by atoms with E-state index in [-0.39, 0.29) is 0 Å². The number of ether oxygens (including phenoxy) is 1. The smallest absolute Gasteiger partial charge is 0.128 e. The first kappa shape index (κ1) is 10.6. The van der Waals surface area contributed by atoms with Crippen molar-refractivity contribution in [2.24, 2.45) is 5.16 Å². The molecule has 14 heavy (non-hydrogen) atoms. The first-order chi connectivity index (χ1) is 6.83. The Hall–Kier alpha value is -1.51. The predicted molar refractivity (Wildman–Crippen MR) is 56.2 cm³/mol. The molecule has 0 spiro atoms. The highest BCUT2D eigenvalue weighted by molar-refractivity contribution is 6.02. The minimum Gasteiger partial charge on any atom is -0.493 e. The van der Waals surface area contributed by atoms with Crippen LogP contribution in [0.5, 0.6) is 5.75 Å². The molecule has 76 valence electrons. The summed E-state index contributed by atoms with van der Waals surface area (Å²) in [4.78, 5) is 0. The quantitative estimate of drug-likeness (QED) is 0.454. The normalized spacial score (nSPS) is 11.4. The largest absolute Gasteiger partial charge is 0.493 e. The van der Waals surface area contributed by atoms with Gasteiger partial charge in [0.15, 0.2) is 0 Å². The highest BCUT2D eigenvalue weighted by Crippen LogP contribution is 2.19. The highest BCUT2D eigenvalue weighted by Gasteiger charge is 2.07. The maximum atomic E-state index is 8.80. The molecule has 1 aromatic rings. The van der Waals surface area contributed by atoms with Crippen LogP contribution < -0.4 is 4.74 Å². The van der Waals surface area contributed by atoms with E-state index in [1.54, 1.807) is 0 Å². The molecule has 1 N–H and O–H groups in total. The van der Waals surface area contributed by atoms with E-state index in [1.807, 2.05) is 38.1 Å². The minimum absolute atomic E-state index is 0.611. The Morgan fingerprint density at radius 2 is 2.07 bits per heavy atom. The second kappa shape index (κ2) is 5.27. The lowest BCUT2D eigenvalue weighted by molar-refractivity contribution is 0.316. The summed E-state index contributed by atoms with van der Waals surface area (Å²) in [6.45, 7) is 4.48. The van der Waals surface area contributed by atoms with Crippen LogP contribution in [-0.4, -0.2) is 17.5 Å². The fourth-order valence-electron chi connectivity index (χ4n) is 1.30. The summed E-state index contributed by atoms with van der Waals surface area (Å²) < 4.78 is 5.43. The van der Waals surface area contributed by atoms with Gasteiger partial charge in [0.05, 0.1) is 12.3 Å². The molecule has 0 aliphatic rings. The lowest BCUT2D eigenvalue weighted by Crippen LogP contribution is -2.03. The molecule has 0 fully saturated rings. The van der Waals surface area contributed by atoms with E-state index >= 15 is 0 Å². The summed E-state index contributed by atoms with van der Waals surface area (Å²) in [7, 11) is 0. The van der Waals surface area contributed by atoms with Gasteiger partial charge in [0.2, 0.25) is 0 Å². The van der Waals surface area contributed by atoms with Gasteiger partial charge in [-0.3, -0.25) is 0 Å². The van der Waals surface area contributed by atoms with Gasteiger partial charge in [-0.15, -0.1) is 0 Å². The van der Waals surface area contributed by atoms with E-state index in [0.717, 1.165) is 11.3 Å². The van der Waals surface area contributed by atoms with Crippen molar-refractivity contribution in [3.05, 3.63) is 29.8 Å². The summed E-state index contributed by atoms with van der Waals surface area (Å²) in [5.41, 5.74) is 1.51. The summed E-state index contributed by atoms with van der Waals surface area (Å²) in [6, 6.07) is 7.57. The Morgan fingerprint density at radius 3 is 2.64 bits per heavy atom. The second-order valence-corrected chi connectivity index (χ2v) is 2.83.